The summed E-state index contributed by atoms with van der Waals surface area (Å²) in [6.45, 7) is 3.64. The van der Waals surface area contributed by atoms with E-state index in [-0.39, 0.29) is 0 Å². The highest BCUT2D eigenvalue weighted by atomic mass is 35.5. The predicted molar refractivity (Wildman–Crippen MR) is 73.6 cm³/mol. The first-order valence-electron chi connectivity index (χ1n) is 5.70. The molecule has 0 aliphatic carbocycles. The van der Waals surface area contributed by atoms with E-state index in [1.807, 2.05) is 11.6 Å². The standard InChI is InChI=1S/C11H12ClN5S/c12-9-10(14-2-1-13-9)16-4-6-17(7-5-16)11-15-3-8-18-11/h1-3,8H,4-7H2. The van der Waals surface area contributed by atoms with E-state index in [0.29, 0.717) is 5.15 Å². The SMILES string of the molecule is Clc1nccnc1N1CCN(c2nccs2)CC1. The normalized spacial score (nSPS) is 16.1. The summed E-state index contributed by atoms with van der Waals surface area (Å²) in [6.07, 6.45) is 5.12. The van der Waals surface area contributed by atoms with E-state index in [2.05, 4.69) is 24.8 Å². The molecule has 3 heterocycles. The van der Waals surface area contributed by atoms with Gasteiger partial charge in [-0.05, 0) is 0 Å². The van der Waals surface area contributed by atoms with Crippen molar-refractivity contribution >= 4 is 33.9 Å². The van der Waals surface area contributed by atoms with Crippen LogP contribution in [0.1, 0.15) is 0 Å². The van der Waals surface area contributed by atoms with E-state index in [1.165, 1.54) is 0 Å². The quantitative estimate of drug-likeness (QED) is 0.841. The number of hydrogen-bond donors (Lipinski definition) is 0. The van der Waals surface area contributed by atoms with Crippen LogP contribution in [0.5, 0.6) is 0 Å². The van der Waals surface area contributed by atoms with Gasteiger partial charge in [0.2, 0.25) is 0 Å². The molecule has 5 nitrogen and oxygen atoms in total. The fourth-order valence-corrected chi connectivity index (χ4v) is 2.93. The molecule has 1 aliphatic rings. The molecule has 94 valence electrons. The zero-order valence-corrected chi connectivity index (χ0v) is 11.2. The van der Waals surface area contributed by atoms with Crippen molar-refractivity contribution in [2.45, 2.75) is 0 Å². The molecule has 1 aliphatic heterocycles. The summed E-state index contributed by atoms with van der Waals surface area (Å²) in [5, 5.41) is 3.56. The van der Waals surface area contributed by atoms with E-state index < -0.39 is 0 Å². The molecule has 0 bridgehead atoms. The summed E-state index contributed by atoms with van der Waals surface area (Å²) in [7, 11) is 0. The van der Waals surface area contributed by atoms with E-state index in [1.54, 1.807) is 23.7 Å². The van der Waals surface area contributed by atoms with Crippen LogP contribution in [-0.4, -0.2) is 41.1 Å². The lowest BCUT2D eigenvalue weighted by Crippen LogP contribution is -2.47. The maximum absolute atomic E-state index is 6.05. The maximum atomic E-state index is 6.05. The molecule has 1 fully saturated rings. The molecule has 18 heavy (non-hydrogen) atoms. The van der Waals surface area contributed by atoms with Crippen molar-refractivity contribution in [2.75, 3.05) is 36.0 Å². The first kappa shape index (κ1) is 11.7. The molecule has 0 amide bonds. The molecule has 3 rings (SSSR count). The van der Waals surface area contributed by atoms with Gasteiger partial charge in [0.05, 0.1) is 0 Å². The summed E-state index contributed by atoms with van der Waals surface area (Å²) >= 11 is 7.73. The van der Waals surface area contributed by atoms with Crippen molar-refractivity contribution in [3.8, 4) is 0 Å². The van der Waals surface area contributed by atoms with Gasteiger partial charge in [-0.2, -0.15) is 0 Å². The smallest absolute Gasteiger partial charge is 0.185 e. The third-order valence-electron chi connectivity index (χ3n) is 2.90. The van der Waals surface area contributed by atoms with Crippen LogP contribution in [0.3, 0.4) is 0 Å². The Morgan fingerprint density at radius 1 is 0.944 bits per heavy atom. The highest BCUT2D eigenvalue weighted by molar-refractivity contribution is 7.13. The van der Waals surface area contributed by atoms with E-state index in [9.17, 15) is 0 Å². The second-order valence-electron chi connectivity index (χ2n) is 3.96. The number of halogens is 1. The molecule has 0 aromatic carbocycles. The second-order valence-corrected chi connectivity index (χ2v) is 5.19. The molecule has 7 heteroatoms. The van der Waals surface area contributed by atoms with E-state index in [4.69, 9.17) is 11.6 Å². The molecule has 0 saturated carbocycles. The lowest BCUT2D eigenvalue weighted by Gasteiger charge is -2.35. The summed E-state index contributed by atoms with van der Waals surface area (Å²) in [5.41, 5.74) is 0. The molecule has 0 spiro atoms. The molecule has 0 radical (unpaired) electrons. The minimum absolute atomic E-state index is 0.472. The van der Waals surface area contributed by atoms with Crippen molar-refractivity contribution in [1.82, 2.24) is 15.0 Å². The predicted octanol–water partition coefficient (Wildman–Crippen LogP) is 1.91. The average Bonchev–Trinajstić information content (AvgIpc) is 2.94. The monoisotopic (exact) mass is 281 g/mol. The van der Waals surface area contributed by atoms with Crippen LogP contribution in [0.4, 0.5) is 10.9 Å². The lowest BCUT2D eigenvalue weighted by molar-refractivity contribution is 0.645. The van der Waals surface area contributed by atoms with Crippen LogP contribution < -0.4 is 9.80 Å². The van der Waals surface area contributed by atoms with Gasteiger partial charge in [0.1, 0.15) is 0 Å². The van der Waals surface area contributed by atoms with E-state index in [0.717, 1.165) is 37.1 Å². The minimum Gasteiger partial charge on any atom is -0.351 e. The zero-order chi connectivity index (χ0) is 12.4. The van der Waals surface area contributed by atoms with Crippen LogP contribution >= 0.6 is 22.9 Å². The summed E-state index contributed by atoms with van der Waals surface area (Å²) in [5.74, 6) is 0.776. The number of piperazine rings is 1. The Labute approximate surface area is 114 Å². The third-order valence-corrected chi connectivity index (χ3v) is 4.00. The molecule has 2 aromatic heterocycles. The van der Waals surface area contributed by atoms with Crippen molar-refractivity contribution in [3.05, 3.63) is 29.1 Å². The Morgan fingerprint density at radius 3 is 2.33 bits per heavy atom. The Kier molecular flexibility index (Phi) is 3.29. The Morgan fingerprint density at radius 2 is 1.67 bits per heavy atom. The summed E-state index contributed by atoms with van der Waals surface area (Å²) in [4.78, 5) is 17.1. The largest absolute Gasteiger partial charge is 0.351 e. The Hall–Kier alpha value is -1.40. The van der Waals surface area contributed by atoms with Gasteiger partial charge in [-0.25, -0.2) is 15.0 Å². The number of rotatable bonds is 2. The first-order valence-corrected chi connectivity index (χ1v) is 6.96. The average molecular weight is 282 g/mol. The molecular formula is C11H12ClN5S. The van der Waals surface area contributed by atoms with Crippen LogP contribution in [-0.2, 0) is 0 Å². The molecule has 0 unspecified atom stereocenters. The van der Waals surface area contributed by atoms with Gasteiger partial charge in [-0.1, -0.05) is 11.6 Å². The van der Waals surface area contributed by atoms with Gasteiger partial charge in [0.15, 0.2) is 16.1 Å². The number of hydrogen-bond acceptors (Lipinski definition) is 6. The van der Waals surface area contributed by atoms with Crippen LogP contribution in [0.2, 0.25) is 5.15 Å². The topological polar surface area (TPSA) is 45.2 Å². The summed E-state index contributed by atoms with van der Waals surface area (Å²) < 4.78 is 0. The minimum atomic E-state index is 0.472. The lowest BCUT2D eigenvalue weighted by atomic mass is 10.3. The number of anilines is 2. The van der Waals surface area contributed by atoms with Gasteiger partial charge in [-0.15, -0.1) is 11.3 Å². The molecular weight excluding hydrogens is 270 g/mol. The number of nitrogens with zero attached hydrogens (tertiary/aromatic N) is 5. The van der Waals surface area contributed by atoms with Crippen molar-refractivity contribution in [1.29, 1.82) is 0 Å². The van der Waals surface area contributed by atoms with Gasteiger partial charge < -0.3 is 9.80 Å². The van der Waals surface area contributed by atoms with E-state index >= 15 is 0 Å². The van der Waals surface area contributed by atoms with Crippen molar-refractivity contribution < 1.29 is 0 Å². The highest BCUT2D eigenvalue weighted by Crippen LogP contribution is 2.24. The second kappa shape index (κ2) is 5.07. The van der Waals surface area contributed by atoms with Crippen molar-refractivity contribution in [3.63, 3.8) is 0 Å². The van der Waals surface area contributed by atoms with Gasteiger partial charge in [0, 0.05) is 50.1 Å². The van der Waals surface area contributed by atoms with Crippen molar-refractivity contribution in [2.24, 2.45) is 0 Å². The zero-order valence-electron chi connectivity index (χ0n) is 9.66. The first-order chi connectivity index (χ1) is 8.84. The summed E-state index contributed by atoms with van der Waals surface area (Å²) in [6, 6.07) is 0. The molecule has 2 aromatic rings. The van der Waals surface area contributed by atoms with Crippen LogP contribution in [0.15, 0.2) is 24.0 Å². The third kappa shape index (κ3) is 2.26. The maximum Gasteiger partial charge on any atom is 0.185 e. The van der Waals surface area contributed by atoms with Crippen LogP contribution in [0, 0.1) is 0 Å². The highest BCUT2D eigenvalue weighted by Gasteiger charge is 2.21. The number of aromatic nitrogens is 3. The molecule has 0 N–H and O–H groups in total. The fourth-order valence-electron chi connectivity index (χ4n) is 2.01. The van der Waals surface area contributed by atoms with Gasteiger partial charge in [-0.3, -0.25) is 0 Å². The number of thiazole rings is 1. The Balaban J connectivity index is 1.69. The fraction of sp³-hybridized carbons (Fsp3) is 0.364. The molecule has 1 saturated heterocycles. The van der Waals surface area contributed by atoms with Gasteiger partial charge in [0.25, 0.3) is 0 Å². The Bertz CT molecular complexity index is 510. The van der Waals surface area contributed by atoms with Gasteiger partial charge >= 0.3 is 0 Å². The molecule has 0 atom stereocenters. The van der Waals surface area contributed by atoms with Crippen LogP contribution in [0.25, 0.3) is 0 Å².